The van der Waals surface area contributed by atoms with E-state index in [0.29, 0.717) is 28.0 Å². The second-order valence-corrected chi connectivity index (χ2v) is 6.68. The number of nitrogens with one attached hydrogen (secondary N) is 3. The van der Waals surface area contributed by atoms with Gasteiger partial charge in [-0.05, 0) is 49.4 Å². The van der Waals surface area contributed by atoms with Crippen LogP contribution in [0.3, 0.4) is 0 Å². The summed E-state index contributed by atoms with van der Waals surface area (Å²) in [5.74, 6) is 1.09. The fraction of sp³-hybridized carbons (Fsp3) is 0.105. The fourth-order valence-electron chi connectivity index (χ4n) is 2.72. The van der Waals surface area contributed by atoms with Crippen LogP contribution in [-0.4, -0.2) is 30.8 Å². The van der Waals surface area contributed by atoms with Gasteiger partial charge in [0.25, 0.3) is 0 Å². The number of fused-ring (bicyclic) bond motifs is 1. The van der Waals surface area contributed by atoms with Crippen LogP contribution in [-0.2, 0) is 0 Å². The number of hydrogen-bond donors (Lipinski definition) is 3. The molecule has 0 aliphatic carbocycles. The van der Waals surface area contributed by atoms with Gasteiger partial charge in [-0.25, -0.2) is 4.79 Å². The molecule has 4 rings (SSSR count). The van der Waals surface area contributed by atoms with Gasteiger partial charge in [0.2, 0.25) is 0 Å². The number of nitrogens with zero attached hydrogens (tertiary/aromatic N) is 5. The molecule has 1 aromatic carbocycles. The van der Waals surface area contributed by atoms with Gasteiger partial charge in [-0.3, -0.25) is 4.98 Å². The average Bonchev–Trinajstić information content (AvgIpc) is 3.12. The largest absolute Gasteiger partial charge is 0.339 e. The van der Waals surface area contributed by atoms with E-state index in [0.717, 1.165) is 5.69 Å². The highest BCUT2D eigenvalue weighted by Gasteiger charge is 2.17. The molecule has 29 heavy (non-hydrogen) atoms. The average molecular weight is 409 g/mol. The molecule has 4 aromatic rings. The van der Waals surface area contributed by atoms with Crippen molar-refractivity contribution in [2.75, 3.05) is 10.6 Å². The third-order valence-corrected chi connectivity index (χ3v) is 4.27. The third-order valence-electron chi connectivity index (χ3n) is 4.04. The van der Waals surface area contributed by atoms with Crippen LogP contribution < -0.4 is 16.0 Å². The number of aromatic nitrogens is 5. The molecule has 3 aromatic heterocycles. The maximum atomic E-state index is 12.2. The number of hydrogen-bond acceptors (Lipinski definition) is 6. The molecule has 1 unspecified atom stereocenters. The number of carbonyl (C=O) groups excluding carboxylic acids is 1. The zero-order valence-electron chi connectivity index (χ0n) is 15.4. The minimum absolute atomic E-state index is 0.379. The van der Waals surface area contributed by atoms with Gasteiger partial charge in [0, 0.05) is 16.9 Å². The number of anilines is 3. The molecule has 3 N–H and O–H groups in total. The summed E-state index contributed by atoms with van der Waals surface area (Å²) in [6, 6.07) is 13.6. The topological polar surface area (TPSA) is 109 Å². The molecular formula is C19H17ClN8O. The van der Waals surface area contributed by atoms with E-state index in [4.69, 9.17) is 11.6 Å². The van der Waals surface area contributed by atoms with Crippen molar-refractivity contribution in [3.8, 4) is 0 Å². The van der Waals surface area contributed by atoms with Crippen LogP contribution in [0.2, 0.25) is 5.02 Å². The summed E-state index contributed by atoms with van der Waals surface area (Å²) in [7, 11) is 0. The molecule has 146 valence electrons. The van der Waals surface area contributed by atoms with Crippen LogP contribution in [0.5, 0.6) is 0 Å². The maximum Gasteiger partial charge on any atom is 0.319 e. The van der Waals surface area contributed by atoms with Crippen molar-refractivity contribution in [3.05, 3.63) is 71.8 Å². The van der Waals surface area contributed by atoms with Crippen LogP contribution in [0.25, 0.3) is 5.65 Å². The molecule has 0 aliphatic rings. The third kappa shape index (κ3) is 4.41. The highest BCUT2D eigenvalue weighted by molar-refractivity contribution is 6.30. The Labute approximate surface area is 171 Å². The highest BCUT2D eigenvalue weighted by Crippen LogP contribution is 2.20. The Hall–Kier alpha value is -3.72. The van der Waals surface area contributed by atoms with Crippen LogP contribution in [0.15, 0.2) is 60.9 Å². The molecule has 0 fully saturated rings. The van der Waals surface area contributed by atoms with Crippen molar-refractivity contribution in [2.45, 2.75) is 13.0 Å². The predicted molar refractivity (Wildman–Crippen MR) is 110 cm³/mol. The van der Waals surface area contributed by atoms with Gasteiger partial charge >= 0.3 is 6.03 Å². The number of halogens is 1. The number of benzene rings is 1. The molecule has 9 nitrogen and oxygen atoms in total. The lowest BCUT2D eigenvalue weighted by atomic mass is 10.3. The Morgan fingerprint density at radius 2 is 1.97 bits per heavy atom. The number of rotatable bonds is 5. The minimum Gasteiger partial charge on any atom is -0.339 e. The van der Waals surface area contributed by atoms with Crippen LogP contribution in [0.1, 0.15) is 18.8 Å². The van der Waals surface area contributed by atoms with Gasteiger partial charge in [0.05, 0.1) is 17.9 Å². The summed E-state index contributed by atoms with van der Waals surface area (Å²) in [5.41, 5.74) is 1.97. The molecule has 0 spiro atoms. The van der Waals surface area contributed by atoms with E-state index >= 15 is 0 Å². The second kappa shape index (κ2) is 8.11. The normalized spacial score (nSPS) is 11.8. The molecule has 0 saturated carbocycles. The van der Waals surface area contributed by atoms with Crippen molar-refractivity contribution in [1.29, 1.82) is 0 Å². The van der Waals surface area contributed by atoms with Crippen LogP contribution in [0, 0.1) is 0 Å². The number of amides is 2. The molecular weight excluding hydrogens is 392 g/mol. The molecule has 0 saturated heterocycles. The Balaban J connectivity index is 1.51. The van der Waals surface area contributed by atoms with E-state index in [2.05, 4.69) is 36.2 Å². The van der Waals surface area contributed by atoms with E-state index in [1.807, 2.05) is 12.1 Å². The predicted octanol–water partition coefficient (Wildman–Crippen LogP) is 3.80. The lowest BCUT2D eigenvalue weighted by Crippen LogP contribution is -2.32. The molecule has 0 bridgehead atoms. The van der Waals surface area contributed by atoms with E-state index < -0.39 is 6.04 Å². The standard InChI is InChI=1S/C19H17ClN8O/c1-12(22-19(29)24-15-6-3-9-21-11-15)18-26-25-17-8-7-16(27-28(17)18)23-14-5-2-4-13(20)10-14/h2-12H,1H3,(H,23,27)(H2,22,24,29). The quantitative estimate of drug-likeness (QED) is 0.463. The number of urea groups is 1. The first kappa shape index (κ1) is 18.6. The molecule has 0 aliphatic heterocycles. The SMILES string of the molecule is CC(NC(=O)Nc1cccnc1)c1nnc2ccc(Nc3cccc(Cl)c3)nn12. The maximum absolute atomic E-state index is 12.2. The summed E-state index contributed by atoms with van der Waals surface area (Å²) in [6.07, 6.45) is 3.20. The summed E-state index contributed by atoms with van der Waals surface area (Å²) in [4.78, 5) is 16.2. The Bertz CT molecular complexity index is 1150. The zero-order chi connectivity index (χ0) is 20.2. The molecule has 0 radical (unpaired) electrons. The Morgan fingerprint density at radius 1 is 1.10 bits per heavy atom. The first-order valence-electron chi connectivity index (χ1n) is 8.81. The summed E-state index contributed by atoms with van der Waals surface area (Å²) in [5, 5.41) is 22.2. The fourth-order valence-corrected chi connectivity index (χ4v) is 2.91. The summed E-state index contributed by atoms with van der Waals surface area (Å²) >= 11 is 6.03. The first-order valence-corrected chi connectivity index (χ1v) is 9.19. The van der Waals surface area contributed by atoms with Gasteiger partial charge in [-0.15, -0.1) is 15.3 Å². The molecule has 10 heteroatoms. The zero-order valence-corrected chi connectivity index (χ0v) is 16.1. The van der Waals surface area contributed by atoms with E-state index in [1.54, 1.807) is 60.2 Å². The monoisotopic (exact) mass is 408 g/mol. The van der Waals surface area contributed by atoms with Gasteiger partial charge in [0.15, 0.2) is 17.3 Å². The van der Waals surface area contributed by atoms with Crippen LogP contribution >= 0.6 is 11.6 Å². The van der Waals surface area contributed by atoms with E-state index in [1.165, 1.54) is 0 Å². The lowest BCUT2D eigenvalue weighted by Gasteiger charge is -2.13. The number of carbonyl (C=O) groups is 1. The minimum atomic E-state index is -0.435. The van der Waals surface area contributed by atoms with Crippen molar-refractivity contribution in [1.82, 2.24) is 30.1 Å². The smallest absolute Gasteiger partial charge is 0.319 e. The van der Waals surface area contributed by atoms with E-state index in [9.17, 15) is 4.79 Å². The Morgan fingerprint density at radius 3 is 2.76 bits per heavy atom. The lowest BCUT2D eigenvalue weighted by molar-refractivity contribution is 0.249. The molecule has 2 amide bonds. The van der Waals surface area contributed by atoms with Gasteiger partial charge in [0.1, 0.15) is 0 Å². The van der Waals surface area contributed by atoms with Crippen molar-refractivity contribution >= 4 is 40.5 Å². The Kier molecular flexibility index (Phi) is 5.21. The van der Waals surface area contributed by atoms with Gasteiger partial charge in [-0.1, -0.05) is 17.7 Å². The van der Waals surface area contributed by atoms with Gasteiger partial charge < -0.3 is 16.0 Å². The highest BCUT2D eigenvalue weighted by atomic mass is 35.5. The first-order chi connectivity index (χ1) is 14.1. The van der Waals surface area contributed by atoms with Crippen molar-refractivity contribution in [3.63, 3.8) is 0 Å². The molecule has 3 heterocycles. The summed E-state index contributed by atoms with van der Waals surface area (Å²) < 4.78 is 1.59. The van der Waals surface area contributed by atoms with E-state index in [-0.39, 0.29) is 6.03 Å². The van der Waals surface area contributed by atoms with Gasteiger partial charge in [-0.2, -0.15) is 4.52 Å². The van der Waals surface area contributed by atoms with Crippen molar-refractivity contribution < 1.29 is 4.79 Å². The second-order valence-electron chi connectivity index (χ2n) is 6.24. The van der Waals surface area contributed by atoms with Crippen molar-refractivity contribution in [2.24, 2.45) is 0 Å². The molecule has 1 atom stereocenters. The van der Waals surface area contributed by atoms with Crippen LogP contribution in [0.4, 0.5) is 22.0 Å². The number of pyridine rings is 1. The summed E-state index contributed by atoms with van der Waals surface area (Å²) in [6.45, 7) is 1.80.